The molecule has 2 amide bonds. The van der Waals surface area contributed by atoms with Crippen molar-refractivity contribution in [3.63, 3.8) is 0 Å². The number of nitrogens with zero attached hydrogens (tertiary/aromatic N) is 3. The van der Waals surface area contributed by atoms with Crippen molar-refractivity contribution < 1.29 is 22.8 Å². The van der Waals surface area contributed by atoms with Gasteiger partial charge in [0, 0.05) is 17.3 Å². The first-order chi connectivity index (χ1) is 14.7. The molecule has 2 aromatic rings. The number of nitriles is 1. The zero-order valence-electron chi connectivity index (χ0n) is 16.0. The molecule has 1 aliphatic heterocycles. The van der Waals surface area contributed by atoms with Gasteiger partial charge in [-0.05, 0) is 61.3 Å². The molecular weight excluding hydrogens is 429 g/mol. The molecule has 1 aliphatic carbocycles. The third-order valence-corrected chi connectivity index (χ3v) is 6.11. The second-order valence-corrected chi connectivity index (χ2v) is 7.74. The molecule has 0 bridgehead atoms. The number of carbonyl (C=O) groups is 2. The Kier molecular flexibility index (Phi) is 4.94. The van der Waals surface area contributed by atoms with Crippen LogP contribution in [0.4, 0.5) is 24.5 Å². The molecule has 10 heteroatoms. The number of carbonyl (C=O) groups excluding carboxylic acids is 2. The number of amides is 2. The maximum atomic E-state index is 14.7. The van der Waals surface area contributed by atoms with Gasteiger partial charge in [0.05, 0.1) is 11.3 Å². The van der Waals surface area contributed by atoms with Crippen LogP contribution in [-0.4, -0.2) is 22.5 Å². The van der Waals surface area contributed by atoms with Crippen LogP contribution in [0, 0.1) is 23.0 Å². The topological polar surface area (TPSA) is 90.4 Å². The molecule has 31 heavy (non-hydrogen) atoms. The standard InChI is InChI=1S/C21H15F3N4O2S/c22-9-11-6-13(2-3-14(11)18(26)29)28-20(31)27(19(30)21(28)4-1-5-21)17-8-15(23)12(10-25)7-16(17)24/h2-3,6-8H,1,4-5,9H2,(H2,26,29). The smallest absolute Gasteiger partial charge is 0.259 e. The summed E-state index contributed by atoms with van der Waals surface area (Å²) < 4.78 is 42.4. The van der Waals surface area contributed by atoms with E-state index in [1.165, 1.54) is 23.1 Å². The van der Waals surface area contributed by atoms with Crippen LogP contribution in [0.5, 0.6) is 0 Å². The van der Waals surface area contributed by atoms with E-state index in [0.717, 1.165) is 11.0 Å². The summed E-state index contributed by atoms with van der Waals surface area (Å²) in [5.41, 5.74) is 3.64. The predicted molar refractivity (Wildman–Crippen MR) is 110 cm³/mol. The zero-order chi connectivity index (χ0) is 22.5. The summed E-state index contributed by atoms with van der Waals surface area (Å²) in [6.07, 6.45) is 1.52. The number of hydrogen-bond donors (Lipinski definition) is 1. The van der Waals surface area contributed by atoms with E-state index in [1.807, 2.05) is 0 Å². The van der Waals surface area contributed by atoms with Crippen molar-refractivity contribution in [2.75, 3.05) is 9.80 Å². The minimum Gasteiger partial charge on any atom is -0.366 e. The SMILES string of the molecule is N#Cc1cc(F)c(N2C(=O)C3(CCC3)N(c3ccc(C(N)=O)c(CF)c3)C2=S)cc1F. The minimum atomic E-state index is -1.12. The second kappa shape index (κ2) is 7.35. The molecule has 1 spiro atoms. The largest absolute Gasteiger partial charge is 0.366 e. The fourth-order valence-electron chi connectivity index (χ4n) is 4.06. The maximum absolute atomic E-state index is 14.7. The van der Waals surface area contributed by atoms with Crippen LogP contribution < -0.4 is 15.5 Å². The van der Waals surface area contributed by atoms with Crippen LogP contribution in [-0.2, 0) is 11.5 Å². The van der Waals surface area contributed by atoms with E-state index in [9.17, 15) is 22.8 Å². The fourth-order valence-corrected chi connectivity index (χ4v) is 4.52. The summed E-state index contributed by atoms with van der Waals surface area (Å²) in [6, 6.07) is 7.21. The highest BCUT2D eigenvalue weighted by Crippen LogP contribution is 2.48. The molecule has 0 aromatic heterocycles. The number of nitrogens with two attached hydrogens (primary N) is 1. The van der Waals surface area contributed by atoms with Crippen molar-refractivity contribution in [1.29, 1.82) is 5.26 Å². The molecule has 1 saturated carbocycles. The average Bonchev–Trinajstić information content (AvgIpc) is 2.95. The Balaban J connectivity index is 1.84. The summed E-state index contributed by atoms with van der Waals surface area (Å²) >= 11 is 5.47. The van der Waals surface area contributed by atoms with Crippen molar-refractivity contribution in [3.05, 3.63) is 58.7 Å². The molecule has 2 aliphatic rings. The molecule has 158 valence electrons. The van der Waals surface area contributed by atoms with Crippen LogP contribution >= 0.6 is 12.2 Å². The van der Waals surface area contributed by atoms with Crippen LogP contribution in [0.15, 0.2) is 30.3 Å². The Morgan fingerprint density at radius 1 is 1.23 bits per heavy atom. The van der Waals surface area contributed by atoms with E-state index in [-0.39, 0.29) is 16.2 Å². The maximum Gasteiger partial charge on any atom is 0.259 e. The number of hydrogen-bond acceptors (Lipinski definition) is 4. The number of halogens is 3. The minimum absolute atomic E-state index is 0.00224. The van der Waals surface area contributed by atoms with Crippen molar-refractivity contribution in [3.8, 4) is 6.07 Å². The summed E-state index contributed by atoms with van der Waals surface area (Å²) in [4.78, 5) is 27.3. The van der Waals surface area contributed by atoms with Crippen molar-refractivity contribution in [2.24, 2.45) is 5.73 Å². The molecule has 0 radical (unpaired) electrons. The lowest BCUT2D eigenvalue weighted by Crippen LogP contribution is -2.55. The Morgan fingerprint density at radius 3 is 2.48 bits per heavy atom. The van der Waals surface area contributed by atoms with Crippen molar-refractivity contribution in [1.82, 2.24) is 0 Å². The van der Waals surface area contributed by atoms with E-state index in [1.54, 1.807) is 6.07 Å². The van der Waals surface area contributed by atoms with Gasteiger partial charge in [-0.1, -0.05) is 0 Å². The molecular formula is C21H15F3N4O2S. The van der Waals surface area contributed by atoms with Gasteiger partial charge < -0.3 is 10.6 Å². The van der Waals surface area contributed by atoms with Gasteiger partial charge in [-0.3, -0.25) is 14.5 Å². The summed E-state index contributed by atoms with van der Waals surface area (Å²) in [5, 5.41) is 8.79. The van der Waals surface area contributed by atoms with Crippen LogP contribution in [0.3, 0.4) is 0 Å². The number of anilines is 2. The second-order valence-electron chi connectivity index (χ2n) is 7.38. The highest BCUT2D eigenvalue weighted by Gasteiger charge is 2.60. The Morgan fingerprint density at radius 2 is 1.94 bits per heavy atom. The first kappa shape index (κ1) is 20.8. The molecule has 1 heterocycles. The van der Waals surface area contributed by atoms with Crippen molar-refractivity contribution in [2.45, 2.75) is 31.5 Å². The zero-order valence-corrected chi connectivity index (χ0v) is 16.8. The molecule has 0 atom stereocenters. The first-order valence-electron chi connectivity index (χ1n) is 9.31. The number of benzene rings is 2. The predicted octanol–water partition coefficient (Wildman–Crippen LogP) is 3.47. The van der Waals surface area contributed by atoms with Crippen LogP contribution in [0.2, 0.25) is 0 Å². The van der Waals surface area contributed by atoms with E-state index in [0.29, 0.717) is 31.0 Å². The Bertz CT molecular complexity index is 1190. The summed E-state index contributed by atoms with van der Waals surface area (Å²) in [5.74, 6) is -3.29. The van der Waals surface area contributed by atoms with E-state index in [2.05, 4.69) is 0 Å². The highest BCUT2D eigenvalue weighted by molar-refractivity contribution is 7.81. The van der Waals surface area contributed by atoms with E-state index >= 15 is 0 Å². The third kappa shape index (κ3) is 2.96. The lowest BCUT2D eigenvalue weighted by molar-refractivity contribution is -0.123. The Hall–Kier alpha value is -3.45. The quantitative estimate of drug-likeness (QED) is 0.730. The van der Waals surface area contributed by atoms with Crippen LogP contribution in [0.1, 0.15) is 40.7 Å². The normalized spacial score (nSPS) is 17.1. The van der Waals surface area contributed by atoms with Gasteiger partial charge in [-0.2, -0.15) is 5.26 Å². The Labute approximate surface area is 180 Å². The molecule has 2 N–H and O–H groups in total. The van der Waals surface area contributed by atoms with Gasteiger partial charge in [0.15, 0.2) is 5.11 Å². The molecule has 6 nitrogen and oxygen atoms in total. The average molecular weight is 444 g/mol. The van der Waals surface area contributed by atoms with Gasteiger partial charge in [-0.15, -0.1) is 0 Å². The third-order valence-electron chi connectivity index (χ3n) is 5.75. The summed E-state index contributed by atoms with van der Waals surface area (Å²) in [6.45, 7) is -0.965. The molecule has 2 aromatic carbocycles. The van der Waals surface area contributed by atoms with Gasteiger partial charge >= 0.3 is 0 Å². The molecule has 0 unspecified atom stereocenters. The highest BCUT2D eigenvalue weighted by atomic mass is 32.1. The lowest BCUT2D eigenvalue weighted by atomic mass is 9.75. The van der Waals surface area contributed by atoms with Crippen molar-refractivity contribution >= 4 is 40.5 Å². The van der Waals surface area contributed by atoms with Crippen LogP contribution in [0.25, 0.3) is 0 Å². The number of alkyl halides is 1. The summed E-state index contributed by atoms with van der Waals surface area (Å²) in [7, 11) is 0. The number of thiocarbonyl (C=S) groups is 1. The number of primary amides is 1. The van der Waals surface area contributed by atoms with Gasteiger partial charge in [-0.25, -0.2) is 13.2 Å². The molecule has 1 saturated heterocycles. The molecule has 4 rings (SSSR count). The van der Waals surface area contributed by atoms with Gasteiger partial charge in [0.2, 0.25) is 5.91 Å². The van der Waals surface area contributed by atoms with E-state index in [4.69, 9.17) is 23.2 Å². The first-order valence-corrected chi connectivity index (χ1v) is 9.72. The molecule has 2 fully saturated rings. The van der Waals surface area contributed by atoms with E-state index < -0.39 is 46.9 Å². The lowest BCUT2D eigenvalue weighted by Gasteiger charge is -2.43. The monoisotopic (exact) mass is 444 g/mol. The van der Waals surface area contributed by atoms with Gasteiger partial charge in [0.1, 0.15) is 29.9 Å². The fraction of sp³-hybridized carbons (Fsp3) is 0.238. The van der Waals surface area contributed by atoms with Gasteiger partial charge in [0.25, 0.3) is 5.91 Å². The number of rotatable bonds is 4.